The van der Waals surface area contributed by atoms with Gasteiger partial charge in [0.1, 0.15) is 5.52 Å². The summed E-state index contributed by atoms with van der Waals surface area (Å²) in [7, 11) is -3.29. The second-order valence-electron chi connectivity index (χ2n) is 5.46. The number of nitrogens with zero attached hydrogens (tertiary/aromatic N) is 1. The summed E-state index contributed by atoms with van der Waals surface area (Å²) in [6, 6.07) is 14.8. The van der Waals surface area contributed by atoms with Crippen molar-refractivity contribution in [3.05, 3.63) is 48.5 Å². The van der Waals surface area contributed by atoms with Gasteiger partial charge >= 0.3 is 0 Å². The molecule has 0 atom stereocenters. The van der Waals surface area contributed by atoms with Crippen LogP contribution in [0.3, 0.4) is 0 Å². The Balaban J connectivity index is 1.68. The summed E-state index contributed by atoms with van der Waals surface area (Å²) in [6.07, 6.45) is 1.49. The first-order valence-electron chi connectivity index (χ1n) is 7.79. The average Bonchev–Trinajstić information content (AvgIpc) is 2.97. The normalized spacial score (nSPS) is 11.5. The Morgan fingerprint density at radius 1 is 1.04 bits per heavy atom. The molecule has 0 radical (unpaired) electrons. The molecule has 2 aromatic carbocycles. The number of sulfonamides is 1. The highest BCUT2D eigenvalue weighted by atomic mass is 32.2. The van der Waals surface area contributed by atoms with Crippen molar-refractivity contribution < 1.29 is 12.8 Å². The number of unbranched alkanes of at least 4 members (excludes halogenated alkanes) is 1. The molecule has 2 N–H and O–H groups in total. The number of benzene rings is 2. The third kappa shape index (κ3) is 4.05. The molecule has 0 fully saturated rings. The molecule has 0 bridgehead atoms. The maximum absolute atomic E-state index is 11.9. The number of fused-ring (bicyclic) bond motifs is 1. The molecule has 0 unspecified atom stereocenters. The first-order valence-corrected chi connectivity index (χ1v) is 9.44. The van der Waals surface area contributed by atoms with E-state index in [9.17, 15) is 8.42 Å². The van der Waals surface area contributed by atoms with Gasteiger partial charge < -0.3 is 9.73 Å². The molecular weight excluding hydrogens is 326 g/mol. The van der Waals surface area contributed by atoms with Gasteiger partial charge in [-0.05, 0) is 42.8 Å². The predicted octanol–water partition coefficient (Wildman–Crippen LogP) is 4.11. The number of aromatic nitrogens is 1. The van der Waals surface area contributed by atoms with Gasteiger partial charge in [-0.3, -0.25) is 4.72 Å². The smallest absolute Gasteiger partial charge is 0.300 e. The maximum Gasteiger partial charge on any atom is 0.300 e. The molecule has 0 amide bonds. The molecule has 0 aliphatic carbocycles. The second kappa shape index (κ2) is 6.92. The first kappa shape index (κ1) is 16.3. The Morgan fingerprint density at radius 2 is 1.75 bits per heavy atom. The first-order chi connectivity index (χ1) is 11.6. The fourth-order valence-electron chi connectivity index (χ4n) is 2.24. The van der Waals surface area contributed by atoms with E-state index in [4.69, 9.17) is 4.42 Å². The quantitative estimate of drug-likeness (QED) is 0.673. The van der Waals surface area contributed by atoms with E-state index in [1.54, 1.807) is 24.3 Å². The van der Waals surface area contributed by atoms with Crippen LogP contribution in [0.15, 0.2) is 52.9 Å². The van der Waals surface area contributed by atoms with Crippen molar-refractivity contribution in [2.24, 2.45) is 0 Å². The molecule has 126 valence electrons. The van der Waals surface area contributed by atoms with Crippen LogP contribution in [-0.2, 0) is 10.0 Å². The van der Waals surface area contributed by atoms with Gasteiger partial charge in [0.05, 0.1) is 5.75 Å². The van der Waals surface area contributed by atoms with Crippen LogP contribution < -0.4 is 10.0 Å². The molecule has 1 aromatic heterocycles. The number of hydrogen-bond donors (Lipinski definition) is 2. The van der Waals surface area contributed by atoms with Gasteiger partial charge in [0.15, 0.2) is 5.58 Å². The summed E-state index contributed by atoms with van der Waals surface area (Å²) in [5.74, 6) is 0.131. The fourth-order valence-corrected chi connectivity index (χ4v) is 3.50. The molecule has 6 nitrogen and oxygen atoms in total. The van der Waals surface area contributed by atoms with Gasteiger partial charge in [-0.25, -0.2) is 8.42 Å². The highest BCUT2D eigenvalue weighted by molar-refractivity contribution is 7.92. The van der Waals surface area contributed by atoms with E-state index in [-0.39, 0.29) is 5.75 Å². The lowest BCUT2D eigenvalue weighted by Crippen LogP contribution is -2.16. The van der Waals surface area contributed by atoms with E-state index in [2.05, 4.69) is 15.0 Å². The van der Waals surface area contributed by atoms with Crippen LogP contribution >= 0.6 is 0 Å². The third-order valence-electron chi connectivity index (χ3n) is 3.47. The zero-order valence-corrected chi connectivity index (χ0v) is 14.1. The predicted molar refractivity (Wildman–Crippen MR) is 96.1 cm³/mol. The van der Waals surface area contributed by atoms with Crippen molar-refractivity contribution in [2.45, 2.75) is 19.8 Å². The third-order valence-corrected chi connectivity index (χ3v) is 4.84. The number of para-hydroxylation sites is 2. The summed E-state index contributed by atoms with van der Waals surface area (Å²) in [4.78, 5) is 4.33. The lowest BCUT2D eigenvalue weighted by atomic mass is 10.3. The zero-order valence-electron chi connectivity index (χ0n) is 13.3. The average molecular weight is 345 g/mol. The van der Waals surface area contributed by atoms with Crippen molar-refractivity contribution in [2.75, 3.05) is 15.8 Å². The molecule has 3 aromatic rings. The summed E-state index contributed by atoms with van der Waals surface area (Å²) >= 11 is 0. The molecule has 1 heterocycles. The lowest BCUT2D eigenvalue weighted by Gasteiger charge is -2.08. The zero-order chi connectivity index (χ0) is 17.0. The van der Waals surface area contributed by atoms with Crippen LogP contribution in [0.1, 0.15) is 19.8 Å². The Bertz CT molecular complexity index is 885. The number of rotatable bonds is 7. The van der Waals surface area contributed by atoms with Gasteiger partial charge in [0.2, 0.25) is 10.0 Å². The Morgan fingerprint density at radius 3 is 2.46 bits per heavy atom. The molecule has 0 aliphatic heterocycles. The highest BCUT2D eigenvalue weighted by Gasteiger charge is 2.10. The molecular formula is C17H19N3O3S. The molecule has 0 saturated carbocycles. The van der Waals surface area contributed by atoms with Crippen molar-refractivity contribution in [3.8, 4) is 0 Å². The van der Waals surface area contributed by atoms with E-state index < -0.39 is 10.0 Å². The monoisotopic (exact) mass is 345 g/mol. The minimum absolute atomic E-state index is 0.131. The van der Waals surface area contributed by atoms with E-state index in [1.165, 1.54) is 0 Å². The number of oxazole rings is 1. The van der Waals surface area contributed by atoms with Crippen LogP contribution in [0.5, 0.6) is 0 Å². The van der Waals surface area contributed by atoms with E-state index >= 15 is 0 Å². The van der Waals surface area contributed by atoms with Crippen LogP contribution in [-0.4, -0.2) is 19.2 Å². The van der Waals surface area contributed by atoms with Crippen LogP contribution in [0.2, 0.25) is 0 Å². The number of nitrogens with one attached hydrogen (secondary N) is 2. The summed E-state index contributed by atoms with van der Waals surface area (Å²) in [6.45, 7) is 1.96. The second-order valence-corrected chi connectivity index (χ2v) is 7.31. The van der Waals surface area contributed by atoms with Crippen molar-refractivity contribution >= 4 is 38.5 Å². The van der Waals surface area contributed by atoms with Crippen LogP contribution in [0, 0.1) is 0 Å². The van der Waals surface area contributed by atoms with Gasteiger partial charge in [-0.15, -0.1) is 0 Å². The van der Waals surface area contributed by atoms with E-state index in [0.717, 1.165) is 17.6 Å². The lowest BCUT2D eigenvalue weighted by molar-refractivity contribution is 0.598. The molecule has 7 heteroatoms. The molecule has 0 spiro atoms. The molecule has 24 heavy (non-hydrogen) atoms. The SMILES string of the molecule is CCCCS(=O)(=O)Nc1ccc(Nc2nc3ccccc3o2)cc1. The van der Waals surface area contributed by atoms with Crippen LogP contribution in [0.4, 0.5) is 17.4 Å². The standard InChI is InChI=1S/C17H19N3O3S/c1-2-3-12-24(21,22)20-14-10-8-13(9-11-14)18-17-19-15-6-4-5-7-16(15)23-17/h4-11,20H,2-3,12H2,1H3,(H,18,19). The Kier molecular flexibility index (Phi) is 4.71. The topological polar surface area (TPSA) is 84.2 Å². The largest absolute Gasteiger partial charge is 0.423 e. The van der Waals surface area contributed by atoms with E-state index in [1.807, 2.05) is 31.2 Å². The highest BCUT2D eigenvalue weighted by Crippen LogP contribution is 2.23. The maximum atomic E-state index is 11.9. The molecule has 0 aliphatic rings. The fraction of sp³-hybridized carbons (Fsp3) is 0.235. The van der Waals surface area contributed by atoms with Crippen molar-refractivity contribution in [3.63, 3.8) is 0 Å². The van der Waals surface area contributed by atoms with Gasteiger partial charge in [0, 0.05) is 11.4 Å². The van der Waals surface area contributed by atoms with Gasteiger partial charge in [-0.1, -0.05) is 25.5 Å². The summed E-state index contributed by atoms with van der Waals surface area (Å²) in [5.41, 5.74) is 2.79. The van der Waals surface area contributed by atoms with Gasteiger partial charge in [-0.2, -0.15) is 4.98 Å². The molecule has 0 saturated heterocycles. The summed E-state index contributed by atoms with van der Waals surface area (Å²) < 4.78 is 31.9. The van der Waals surface area contributed by atoms with Crippen molar-refractivity contribution in [1.29, 1.82) is 0 Å². The number of hydrogen-bond acceptors (Lipinski definition) is 5. The molecule has 3 rings (SSSR count). The minimum Gasteiger partial charge on any atom is -0.423 e. The van der Waals surface area contributed by atoms with Crippen LogP contribution in [0.25, 0.3) is 11.1 Å². The summed E-state index contributed by atoms with van der Waals surface area (Å²) in [5, 5.41) is 3.06. The Labute approximate surface area is 141 Å². The van der Waals surface area contributed by atoms with E-state index in [0.29, 0.717) is 23.7 Å². The number of anilines is 3. The minimum atomic E-state index is -3.29. The Hall–Kier alpha value is -2.54. The van der Waals surface area contributed by atoms with Gasteiger partial charge in [0.25, 0.3) is 6.01 Å². The van der Waals surface area contributed by atoms with Crippen molar-refractivity contribution in [1.82, 2.24) is 4.98 Å².